The molecule has 0 aliphatic carbocycles. The maximum absolute atomic E-state index is 12.3. The number of carbonyl (C=O) groups is 3. The van der Waals surface area contributed by atoms with Crippen molar-refractivity contribution < 1.29 is 47.8 Å². The van der Waals surface area contributed by atoms with Gasteiger partial charge < -0.3 is 25.2 Å². The van der Waals surface area contributed by atoms with Crippen LogP contribution < -0.4 is 5.32 Å². The molecule has 0 aliphatic rings. The number of esters is 1. The van der Waals surface area contributed by atoms with Gasteiger partial charge in [0.05, 0.1) is 13.2 Å². The molecule has 0 heterocycles. The molecule has 0 fully saturated rings. The Hall–Kier alpha value is -2.56. The van der Waals surface area contributed by atoms with Gasteiger partial charge >= 0.3 is 19.8 Å². The number of hydrogen-bond acceptors (Lipinski definition) is 8. The predicted octanol–water partition coefficient (Wildman–Crippen LogP) is 11.4. The maximum Gasteiger partial charge on any atom is 0.472 e. The highest BCUT2D eigenvalue weighted by molar-refractivity contribution is 7.47. The summed E-state index contributed by atoms with van der Waals surface area (Å²) in [6.45, 7) is 2.53. The fourth-order valence-electron chi connectivity index (χ4n) is 5.84. The number of aliphatic hydroxyl groups is 1. The van der Waals surface area contributed by atoms with Crippen LogP contribution in [0.2, 0.25) is 0 Å². The van der Waals surface area contributed by atoms with Gasteiger partial charge in [0.15, 0.2) is 6.04 Å². The zero-order chi connectivity index (χ0) is 42.1. The molecule has 0 aromatic carbocycles. The van der Waals surface area contributed by atoms with Gasteiger partial charge in [0.25, 0.3) is 0 Å². The molecule has 4 N–H and O–H groups in total. The van der Waals surface area contributed by atoms with E-state index in [4.69, 9.17) is 13.8 Å². The number of allylic oxidation sites excluding steroid dienone is 8. The summed E-state index contributed by atoms with van der Waals surface area (Å²) in [6, 6.07) is -1.55. The Morgan fingerprint density at radius 2 is 0.965 bits per heavy atom. The van der Waals surface area contributed by atoms with Crippen LogP contribution in [0.1, 0.15) is 187 Å². The van der Waals surface area contributed by atoms with E-state index in [0.29, 0.717) is 12.8 Å². The monoisotopic (exact) mass is 826 g/mol. The third-order valence-corrected chi connectivity index (χ3v) is 10.3. The molecule has 0 spiro atoms. The molecule has 12 heteroatoms. The molecule has 0 saturated carbocycles. The summed E-state index contributed by atoms with van der Waals surface area (Å²) in [6.07, 6.45) is 44.1. The summed E-state index contributed by atoms with van der Waals surface area (Å²) in [7, 11) is -4.76. The molecule has 1 amide bonds. The Balaban J connectivity index is 3.94. The fraction of sp³-hybridized carbons (Fsp3) is 0.756. The smallest absolute Gasteiger partial charge is 0.472 e. The van der Waals surface area contributed by atoms with Gasteiger partial charge in [-0.05, 0) is 77.0 Å². The Morgan fingerprint density at radius 1 is 0.561 bits per heavy atom. The van der Waals surface area contributed by atoms with Gasteiger partial charge in [-0.1, -0.05) is 146 Å². The van der Waals surface area contributed by atoms with E-state index >= 15 is 0 Å². The minimum atomic E-state index is -4.76. The molecule has 11 nitrogen and oxygen atoms in total. The molecule has 0 aliphatic heterocycles. The number of aliphatic carboxylic acids is 1. The van der Waals surface area contributed by atoms with Gasteiger partial charge in [0.2, 0.25) is 5.91 Å². The van der Waals surface area contributed by atoms with E-state index in [0.717, 1.165) is 83.5 Å². The van der Waals surface area contributed by atoms with Crippen molar-refractivity contribution in [2.24, 2.45) is 0 Å². The number of ether oxygens (including phenoxy) is 1. The second kappa shape index (κ2) is 40.2. The second-order valence-corrected chi connectivity index (χ2v) is 16.3. The van der Waals surface area contributed by atoms with Crippen molar-refractivity contribution in [3.8, 4) is 0 Å². The van der Waals surface area contributed by atoms with E-state index in [9.17, 15) is 34.1 Å². The van der Waals surface area contributed by atoms with Crippen molar-refractivity contribution in [1.29, 1.82) is 0 Å². The predicted molar refractivity (Wildman–Crippen MR) is 231 cm³/mol. The zero-order valence-electron chi connectivity index (χ0n) is 35.6. The number of rotatable bonds is 41. The van der Waals surface area contributed by atoms with E-state index < -0.39 is 57.6 Å². The minimum absolute atomic E-state index is 0.134. The van der Waals surface area contributed by atoms with Gasteiger partial charge in [-0.25, -0.2) is 9.36 Å². The average molecular weight is 826 g/mol. The Kier molecular flexibility index (Phi) is 38.4. The fourth-order valence-corrected chi connectivity index (χ4v) is 6.62. The van der Waals surface area contributed by atoms with Crippen molar-refractivity contribution in [2.45, 2.75) is 199 Å². The highest BCUT2D eigenvalue weighted by Crippen LogP contribution is 2.43. The quantitative estimate of drug-likeness (QED) is 0.0201. The van der Waals surface area contributed by atoms with Crippen LogP contribution in [0.4, 0.5) is 0 Å². The number of hydrogen-bond donors (Lipinski definition) is 4. The Bertz CT molecular complexity index is 1150. The first kappa shape index (κ1) is 54.4. The van der Waals surface area contributed by atoms with E-state index in [-0.39, 0.29) is 12.8 Å². The summed E-state index contributed by atoms with van der Waals surface area (Å²) >= 11 is 0. The molecular formula is C45H80NO10P. The lowest BCUT2D eigenvalue weighted by Crippen LogP contribution is -2.43. The third kappa shape index (κ3) is 40.0. The van der Waals surface area contributed by atoms with Crippen LogP contribution in [0.15, 0.2) is 48.6 Å². The largest absolute Gasteiger partial charge is 0.480 e. The molecule has 3 atom stereocenters. The molecule has 0 aromatic heterocycles. The maximum atomic E-state index is 12.3. The molecule has 57 heavy (non-hydrogen) atoms. The number of carbonyl (C=O) groups excluding carboxylic acids is 2. The van der Waals surface area contributed by atoms with Crippen LogP contribution in [-0.4, -0.2) is 64.9 Å². The minimum Gasteiger partial charge on any atom is -0.480 e. The molecule has 330 valence electrons. The number of aliphatic hydroxyl groups excluding tert-OH is 1. The van der Waals surface area contributed by atoms with E-state index in [1.807, 2.05) is 0 Å². The first-order chi connectivity index (χ1) is 27.6. The SMILES string of the molecule is CCCCC/C=C\C/C=C\CCCCCCCCCC(=O)NC(COP(=O)(O)OCC(O)COC(=O)CCCCCCC/C=C\C/C=C\CCCCCC)C(=O)O. The van der Waals surface area contributed by atoms with Crippen LogP contribution in [0.5, 0.6) is 0 Å². The summed E-state index contributed by atoms with van der Waals surface area (Å²) in [4.78, 5) is 45.9. The highest BCUT2D eigenvalue weighted by Gasteiger charge is 2.28. The first-order valence-electron chi connectivity index (χ1n) is 22.2. The van der Waals surface area contributed by atoms with Gasteiger partial charge in [-0.2, -0.15) is 0 Å². The zero-order valence-corrected chi connectivity index (χ0v) is 36.5. The van der Waals surface area contributed by atoms with Crippen molar-refractivity contribution in [3.05, 3.63) is 48.6 Å². The normalized spacial score (nSPS) is 14.2. The molecule has 0 bridgehead atoms. The van der Waals surface area contributed by atoms with Crippen molar-refractivity contribution >= 4 is 25.7 Å². The van der Waals surface area contributed by atoms with Crippen LogP contribution in [0.3, 0.4) is 0 Å². The Morgan fingerprint density at radius 3 is 1.46 bits per heavy atom. The third-order valence-electron chi connectivity index (χ3n) is 9.34. The number of phosphoric acid groups is 1. The molecule has 0 rings (SSSR count). The molecular weight excluding hydrogens is 745 g/mol. The van der Waals surface area contributed by atoms with Gasteiger partial charge in [0.1, 0.15) is 12.7 Å². The first-order valence-corrected chi connectivity index (χ1v) is 23.7. The van der Waals surface area contributed by atoms with Crippen LogP contribution in [0.25, 0.3) is 0 Å². The summed E-state index contributed by atoms with van der Waals surface area (Å²) in [5, 5.41) is 21.8. The van der Waals surface area contributed by atoms with Crippen molar-refractivity contribution in [2.75, 3.05) is 19.8 Å². The van der Waals surface area contributed by atoms with Crippen molar-refractivity contribution in [3.63, 3.8) is 0 Å². The molecule has 0 aromatic rings. The van der Waals surface area contributed by atoms with Gasteiger partial charge in [-0.3, -0.25) is 18.6 Å². The number of nitrogens with one attached hydrogen (secondary N) is 1. The lowest BCUT2D eigenvalue weighted by molar-refractivity contribution is -0.147. The van der Waals surface area contributed by atoms with Crippen LogP contribution >= 0.6 is 7.82 Å². The van der Waals surface area contributed by atoms with Crippen molar-refractivity contribution in [1.82, 2.24) is 5.32 Å². The van der Waals surface area contributed by atoms with Gasteiger partial charge in [-0.15, -0.1) is 0 Å². The summed E-state index contributed by atoms with van der Waals surface area (Å²) < 4.78 is 26.8. The molecule has 0 radical (unpaired) electrons. The topological polar surface area (TPSA) is 169 Å². The number of unbranched alkanes of at least 4 members (excludes halogenated alkanes) is 19. The van der Waals surface area contributed by atoms with E-state index in [2.05, 4.69) is 67.8 Å². The van der Waals surface area contributed by atoms with Crippen LogP contribution in [0, 0.1) is 0 Å². The second-order valence-electron chi connectivity index (χ2n) is 14.9. The molecule has 3 unspecified atom stereocenters. The number of amides is 1. The molecule has 0 saturated heterocycles. The number of carboxylic acids is 1. The standard InChI is InChI=1S/C45H80NO10P/c1-3-5-7-9-11-13-15-17-19-21-22-24-26-28-30-32-34-36-43(48)46-42(45(50)51)40-56-57(52,53)55-39-41(47)38-54-44(49)37-35-33-31-29-27-25-23-20-18-16-14-12-10-8-6-4-2/h11,13-14,16-17,19-20,23,41-42,47H,3-10,12,15,18,21-22,24-40H2,1-2H3,(H,46,48)(H,50,51)(H,52,53)/b13-11-,16-14-,19-17-,23-20-. The summed E-state index contributed by atoms with van der Waals surface area (Å²) in [5.74, 6) is -2.40. The summed E-state index contributed by atoms with van der Waals surface area (Å²) in [5.41, 5.74) is 0. The number of carboxylic acid groups (broad SMARTS) is 1. The highest BCUT2D eigenvalue weighted by atomic mass is 31.2. The Labute approximate surface area is 345 Å². The van der Waals surface area contributed by atoms with Crippen LogP contribution in [-0.2, 0) is 32.7 Å². The number of phosphoric ester groups is 1. The average Bonchev–Trinajstić information content (AvgIpc) is 3.18. The van der Waals surface area contributed by atoms with Gasteiger partial charge in [0, 0.05) is 12.8 Å². The van der Waals surface area contributed by atoms with E-state index in [1.54, 1.807) is 0 Å². The van der Waals surface area contributed by atoms with E-state index in [1.165, 1.54) is 64.2 Å². The lowest BCUT2D eigenvalue weighted by Gasteiger charge is -2.18. The lowest BCUT2D eigenvalue weighted by atomic mass is 10.1.